The molecule has 1 unspecified atom stereocenters. The van der Waals surface area contributed by atoms with Gasteiger partial charge in [0, 0.05) is 42.9 Å². The van der Waals surface area contributed by atoms with Crippen molar-refractivity contribution in [2.75, 3.05) is 31.1 Å². The fourth-order valence-electron chi connectivity index (χ4n) is 4.03. The second-order valence-electron chi connectivity index (χ2n) is 6.77. The van der Waals surface area contributed by atoms with Gasteiger partial charge in [0.2, 0.25) is 0 Å². The molecule has 1 atom stereocenters. The minimum absolute atomic E-state index is 0.611. The monoisotopic (exact) mass is 343 g/mol. The first-order valence-electron chi connectivity index (χ1n) is 8.95. The number of likely N-dealkylation sites (tertiary alicyclic amines) is 1. The van der Waals surface area contributed by atoms with Crippen molar-refractivity contribution in [1.82, 2.24) is 9.88 Å². The summed E-state index contributed by atoms with van der Waals surface area (Å²) in [7, 11) is 0. The molecule has 24 heavy (non-hydrogen) atoms. The normalized spacial score (nSPS) is 20.3. The summed E-state index contributed by atoms with van der Waals surface area (Å²) >= 11 is 1.51. The third-order valence-corrected chi connectivity index (χ3v) is 6.31. The number of rotatable bonds is 4. The molecule has 4 nitrogen and oxygen atoms in total. The average molecular weight is 343 g/mol. The largest absolute Gasteiger partial charge is 0.381 e. The van der Waals surface area contributed by atoms with E-state index in [-0.39, 0.29) is 0 Å². The summed E-state index contributed by atoms with van der Waals surface area (Å²) in [6, 6.07) is 7.10. The van der Waals surface area contributed by atoms with E-state index in [1.165, 1.54) is 48.5 Å². The highest BCUT2D eigenvalue weighted by Crippen LogP contribution is 2.36. The van der Waals surface area contributed by atoms with Gasteiger partial charge in [-0.1, -0.05) is 19.1 Å². The fraction of sp³-hybridized carbons (Fsp3) is 0.526. The maximum atomic E-state index is 10.6. The number of hydrogen-bond acceptors (Lipinski definition) is 5. The maximum absolute atomic E-state index is 10.6. The third kappa shape index (κ3) is 2.96. The van der Waals surface area contributed by atoms with Gasteiger partial charge in [-0.15, -0.1) is 11.3 Å². The van der Waals surface area contributed by atoms with Crippen molar-refractivity contribution in [3.05, 3.63) is 45.9 Å². The Morgan fingerprint density at radius 2 is 2.12 bits per heavy atom. The highest BCUT2D eigenvalue weighted by Gasteiger charge is 2.29. The molecular weight excluding hydrogens is 318 g/mol. The second-order valence-corrected chi connectivity index (χ2v) is 7.70. The van der Waals surface area contributed by atoms with Crippen molar-refractivity contribution in [2.24, 2.45) is 0 Å². The first-order chi connectivity index (χ1) is 11.8. The molecule has 3 heterocycles. The standard InChI is InChI=1S/C19H25N3OS/c1-2-21-9-6-16(7-10-21)22-11-5-14-3-4-15(13-17(14)22)18(23)19-20-8-12-24-19/h3-4,8,12-13,16,18,23H,2,5-7,9-11H2,1H3. The maximum Gasteiger partial charge on any atom is 0.131 e. The van der Waals surface area contributed by atoms with Crippen LogP contribution in [0, 0.1) is 0 Å². The fourth-order valence-corrected chi connectivity index (χ4v) is 4.68. The highest BCUT2D eigenvalue weighted by molar-refractivity contribution is 7.09. The van der Waals surface area contributed by atoms with Gasteiger partial charge >= 0.3 is 0 Å². The van der Waals surface area contributed by atoms with Gasteiger partial charge in [0.05, 0.1) is 0 Å². The zero-order chi connectivity index (χ0) is 16.5. The van der Waals surface area contributed by atoms with Crippen molar-refractivity contribution >= 4 is 17.0 Å². The van der Waals surface area contributed by atoms with Crippen LogP contribution in [0.1, 0.15) is 42.0 Å². The molecule has 2 aliphatic rings. The van der Waals surface area contributed by atoms with Crippen LogP contribution in [-0.4, -0.2) is 47.2 Å². The van der Waals surface area contributed by atoms with Crippen LogP contribution in [-0.2, 0) is 6.42 Å². The Morgan fingerprint density at radius 3 is 2.83 bits per heavy atom. The lowest BCUT2D eigenvalue weighted by atomic mass is 10.0. The Bertz CT molecular complexity index is 680. The number of anilines is 1. The summed E-state index contributed by atoms with van der Waals surface area (Å²) in [6.07, 6.45) is 4.75. The van der Waals surface area contributed by atoms with Crippen LogP contribution >= 0.6 is 11.3 Å². The SMILES string of the molecule is CCN1CCC(N2CCc3ccc(C(O)c4nccs4)cc32)CC1. The molecule has 1 aromatic heterocycles. The average Bonchev–Trinajstić information content (AvgIpc) is 3.30. The van der Waals surface area contributed by atoms with Crippen molar-refractivity contribution in [3.63, 3.8) is 0 Å². The van der Waals surface area contributed by atoms with Crippen LogP contribution in [0.4, 0.5) is 5.69 Å². The van der Waals surface area contributed by atoms with E-state index in [4.69, 9.17) is 0 Å². The quantitative estimate of drug-likeness (QED) is 0.926. The Labute approximate surface area is 147 Å². The molecule has 0 spiro atoms. The Hall–Kier alpha value is -1.43. The lowest BCUT2D eigenvalue weighted by Gasteiger charge is -2.37. The van der Waals surface area contributed by atoms with E-state index in [1.54, 1.807) is 6.20 Å². The number of benzene rings is 1. The number of aliphatic hydroxyl groups excluding tert-OH is 1. The molecule has 0 bridgehead atoms. The molecule has 2 aromatic rings. The summed E-state index contributed by atoms with van der Waals surface area (Å²) in [5.41, 5.74) is 3.71. The van der Waals surface area contributed by atoms with E-state index in [9.17, 15) is 5.11 Å². The Balaban J connectivity index is 1.55. The zero-order valence-electron chi connectivity index (χ0n) is 14.2. The predicted molar refractivity (Wildman–Crippen MR) is 98.8 cm³/mol. The number of aliphatic hydroxyl groups is 1. The van der Waals surface area contributed by atoms with Crippen LogP contribution in [0.5, 0.6) is 0 Å². The summed E-state index contributed by atoms with van der Waals surface area (Å²) in [6.45, 7) is 6.93. The molecule has 2 aliphatic heterocycles. The molecule has 0 aliphatic carbocycles. The molecule has 1 saturated heterocycles. The smallest absolute Gasteiger partial charge is 0.131 e. The first kappa shape index (κ1) is 16.1. The zero-order valence-corrected chi connectivity index (χ0v) is 15.0. The number of piperidine rings is 1. The van der Waals surface area contributed by atoms with Gasteiger partial charge in [-0.2, -0.15) is 0 Å². The lowest BCUT2D eigenvalue weighted by Crippen LogP contribution is -2.44. The third-order valence-electron chi connectivity index (χ3n) is 5.49. The van der Waals surface area contributed by atoms with Crippen LogP contribution in [0.15, 0.2) is 29.8 Å². The topological polar surface area (TPSA) is 39.6 Å². The van der Waals surface area contributed by atoms with Gasteiger partial charge in [0.25, 0.3) is 0 Å². The summed E-state index contributed by atoms with van der Waals surface area (Å²) in [5, 5.41) is 13.3. The van der Waals surface area contributed by atoms with Gasteiger partial charge < -0.3 is 14.9 Å². The van der Waals surface area contributed by atoms with Crippen LogP contribution < -0.4 is 4.90 Å². The minimum atomic E-state index is -0.611. The first-order valence-corrected chi connectivity index (χ1v) is 9.83. The van der Waals surface area contributed by atoms with Crippen LogP contribution in [0.3, 0.4) is 0 Å². The van der Waals surface area contributed by atoms with Gasteiger partial charge in [-0.05, 0) is 43.0 Å². The van der Waals surface area contributed by atoms with Crippen molar-refractivity contribution in [3.8, 4) is 0 Å². The number of hydrogen-bond donors (Lipinski definition) is 1. The summed E-state index contributed by atoms with van der Waals surface area (Å²) in [5.74, 6) is 0. The minimum Gasteiger partial charge on any atom is -0.381 e. The molecule has 0 saturated carbocycles. The van der Waals surface area contributed by atoms with E-state index in [0.717, 1.165) is 30.1 Å². The summed E-state index contributed by atoms with van der Waals surface area (Å²) < 4.78 is 0. The lowest BCUT2D eigenvalue weighted by molar-refractivity contribution is 0.218. The van der Waals surface area contributed by atoms with E-state index in [0.29, 0.717) is 6.04 Å². The number of aromatic nitrogens is 1. The molecule has 0 radical (unpaired) electrons. The molecule has 5 heteroatoms. The van der Waals surface area contributed by atoms with Gasteiger partial charge in [0.15, 0.2) is 0 Å². The Morgan fingerprint density at radius 1 is 1.29 bits per heavy atom. The summed E-state index contributed by atoms with van der Waals surface area (Å²) in [4.78, 5) is 9.38. The van der Waals surface area contributed by atoms with Gasteiger partial charge in [0.1, 0.15) is 11.1 Å². The molecule has 128 valence electrons. The van der Waals surface area contributed by atoms with Gasteiger partial charge in [-0.25, -0.2) is 4.98 Å². The molecule has 0 amide bonds. The molecular formula is C19H25N3OS. The van der Waals surface area contributed by atoms with E-state index in [1.807, 2.05) is 5.38 Å². The highest BCUT2D eigenvalue weighted by atomic mass is 32.1. The predicted octanol–water partition coefficient (Wildman–Crippen LogP) is 3.07. The van der Waals surface area contributed by atoms with Crippen LogP contribution in [0.2, 0.25) is 0 Å². The second kappa shape index (κ2) is 6.82. The molecule has 4 rings (SSSR count). The van der Waals surface area contributed by atoms with Crippen molar-refractivity contribution in [2.45, 2.75) is 38.3 Å². The van der Waals surface area contributed by atoms with Crippen molar-refractivity contribution in [1.29, 1.82) is 0 Å². The van der Waals surface area contributed by atoms with E-state index in [2.05, 4.69) is 39.9 Å². The number of thiazole rings is 1. The van der Waals surface area contributed by atoms with E-state index >= 15 is 0 Å². The van der Waals surface area contributed by atoms with Crippen molar-refractivity contribution < 1.29 is 5.11 Å². The number of fused-ring (bicyclic) bond motifs is 1. The van der Waals surface area contributed by atoms with E-state index < -0.39 is 6.10 Å². The Kier molecular flexibility index (Phi) is 4.57. The molecule has 1 aromatic carbocycles. The number of nitrogens with zero attached hydrogens (tertiary/aromatic N) is 3. The van der Waals surface area contributed by atoms with Gasteiger partial charge in [-0.3, -0.25) is 0 Å². The molecule has 1 fully saturated rings. The molecule has 1 N–H and O–H groups in total. The van der Waals surface area contributed by atoms with Crippen LogP contribution in [0.25, 0.3) is 0 Å².